The fraction of sp³-hybridized carbons (Fsp3) is 0.500. The molecule has 0 saturated carbocycles. The molecule has 2 fully saturated rings. The van der Waals surface area contributed by atoms with Crippen LogP contribution in [0.2, 0.25) is 10.0 Å². The second kappa shape index (κ2) is 10.6. The number of amides is 1. The molecule has 178 valence electrons. The lowest BCUT2D eigenvalue weighted by molar-refractivity contribution is -0.133. The van der Waals surface area contributed by atoms with E-state index >= 15 is 0 Å². The molecule has 0 bridgehead atoms. The number of benzene rings is 2. The summed E-state index contributed by atoms with van der Waals surface area (Å²) in [6.45, 7) is 7.28. The monoisotopic (exact) mass is 489 g/mol. The van der Waals surface area contributed by atoms with Crippen molar-refractivity contribution in [2.45, 2.75) is 51.1 Å². The first kappa shape index (κ1) is 24.3. The SMILES string of the molecule is Cc1ccc([C@@H](C)Nc2cc(C3CCN(C4CCN(C(=O)CO)C4)CC3)ccc2Cl)c(Cl)c1. The molecule has 2 aliphatic heterocycles. The molecule has 33 heavy (non-hydrogen) atoms. The van der Waals surface area contributed by atoms with E-state index in [9.17, 15) is 4.79 Å². The number of nitrogens with zero attached hydrogens (tertiary/aromatic N) is 2. The Bertz CT molecular complexity index is 991. The number of aliphatic hydroxyl groups is 1. The maximum absolute atomic E-state index is 11.8. The van der Waals surface area contributed by atoms with Crippen LogP contribution in [0.4, 0.5) is 5.69 Å². The lowest BCUT2D eigenvalue weighted by Crippen LogP contribution is -2.43. The molecule has 2 atom stereocenters. The molecule has 2 aliphatic rings. The predicted octanol–water partition coefficient (Wildman–Crippen LogP) is 5.25. The van der Waals surface area contributed by atoms with Crippen molar-refractivity contribution in [3.05, 3.63) is 63.1 Å². The number of carbonyl (C=O) groups excluding carboxylic acids is 1. The largest absolute Gasteiger partial charge is 0.387 e. The Hall–Kier alpha value is -1.79. The van der Waals surface area contributed by atoms with Gasteiger partial charge in [-0.15, -0.1) is 0 Å². The van der Waals surface area contributed by atoms with Crippen molar-refractivity contribution in [1.29, 1.82) is 0 Å². The van der Waals surface area contributed by atoms with Crippen molar-refractivity contribution >= 4 is 34.8 Å². The van der Waals surface area contributed by atoms with E-state index < -0.39 is 6.61 Å². The van der Waals surface area contributed by atoms with Crippen LogP contribution in [0, 0.1) is 6.92 Å². The number of hydrogen-bond acceptors (Lipinski definition) is 4. The minimum atomic E-state index is -0.392. The molecule has 1 unspecified atom stereocenters. The average molecular weight is 490 g/mol. The van der Waals surface area contributed by atoms with Crippen molar-refractivity contribution in [2.24, 2.45) is 0 Å². The molecule has 0 radical (unpaired) electrons. The van der Waals surface area contributed by atoms with E-state index in [-0.39, 0.29) is 11.9 Å². The van der Waals surface area contributed by atoms with E-state index in [1.54, 1.807) is 4.90 Å². The van der Waals surface area contributed by atoms with Crippen LogP contribution in [0.3, 0.4) is 0 Å². The fourth-order valence-corrected chi connectivity index (χ4v) is 5.74. The Morgan fingerprint density at radius 1 is 1.09 bits per heavy atom. The minimum absolute atomic E-state index is 0.0413. The fourth-order valence-electron chi connectivity index (χ4n) is 5.17. The molecular formula is C26H33Cl2N3O2. The molecule has 7 heteroatoms. The average Bonchev–Trinajstić information content (AvgIpc) is 3.30. The topological polar surface area (TPSA) is 55.8 Å². The van der Waals surface area contributed by atoms with Crippen molar-refractivity contribution in [2.75, 3.05) is 38.1 Å². The van der Waals surface area contributed by atoms with Gasteiger partial charge >= 0.3 is 0 Å². The maximum Gasteiger partial charge on any atom is 0.248 e. The van der Waals surface area contributed by atoms with Gasteiger partial charge in [-0.25, -0.2) is 0 Å². The number of aliphatic hydroxyl groups excluding tert-OH is 1. The Morgan fingerprint density at radius 3 is 2.55 bits per heavy atom. The Labute approximate surface area is 206 Å². The summed E-state index contributed by atoms with van der Waals surface area (Å²) in [4.78, 5) is 16.1. The van der Waals surface area contributed by atoms with Crippen LogP contribution in [0.15, 0.2) is 36.4 Å². The minimum Gasteiger partial charge on any atom is -0.387 e. The lowest BCUT2D eigenvalue weighted by Gasteiger charge is -2.36. The number of rotatable bonds is 6. The van der Waals surface area contributed by atoms with E-state index in [1.165, 1.54) is 5.56 Å². The Morgan fingerprint density at radius 2 is 1.85 bits per heavy atom. The second-order valence-electron chi connectivity index (χ2n) is 9.38. The highest BCUT2D eigenvalue weighted by atomic mass is 35.5. The summed E-state index contributed by atoms with van der Waals surface area (Å²) in [5.74, 6) is 0.337. The summed E-state index contributed by atoms with van der Waals surface area (Å²) in [5.41, 5.74) is 4.46. The number of piperidine rings is 1. The molecule has 2 aromatic rings. The lowest BCUT2D eigenvalue weighted by atomic mass is 9.88. The van der Waals surface area contributed by atoms with Gasteiger partial charge < -0.3 is 15.3 Å². The number of anilines is 1. The molecule has 4 rings (SSSR count). The summed E-state index contributed by atoms with van der Waals surface area (Å²) in [5, 5.41) is 14.1. The van der Waals surface area contributed by atoms with Gasteiger partial charge in [0.2, 0.25) is 5.91 Å². The predicted molar refractivity (Wildman–Crippen MR) is 135 cm³/mol. The Balaban J connectivity index is 1.38. The zero-order valence-corrected chi connectivity index (χ0v) is 20.9. The van der Waals surface area contributed by atoms with Crippen LogP contribution in [0.25, 0.3) is 0 Å². The molecule has 2 aromatic carbocycles. The van der Waals surface area contributed by atoms with Gasteiger partial charge in [-0.1, -0.05) is 41.4 Å². The van der Waals surface area contributed by atoms with Gasteiger partial charge in [0.15, 0.2) is 0 Å². The van der Waals surface area contributed by atoms with Gasteiger partial charge in [0.05, 0.1) is 16.8 Å². The number of carbonyl (C=O) groups is 1. The highest BCUT2D eigenvalue weighted by molar-refractivity contribution is 6.33. The zero-order chi connectivity index (χ0) is 23.5. The number of hydrogen-bond donors (Lipinski definition) is 2. The van der Waals surface area contributed by atoms with Gasteiger partial charge in [-0.2, -0.15) is 0 Å². The van der Waals surface area contributed by atoms with Gasteiger partial charge in [-0.3, -0.25) is 9.69 Å². The third-order valence-corrected chi connectivity index (χ3v) is 7.81. The first-order valence-corrected chi connectivity index (χ1v) is 12.6. The standard InChI is InChI=1S/C26H33Cl2N3O2/c1-17-3-5-22(24(28)13-17)18(2)29-25-14-20(4-6-23(25)27)19-7-10-30(11-8-19)21-9-12-31(15-21)26(33)16-32/h3-6,13-14,18-19,21,29,32H,7-12,15-16H2,1-2H3/t18-,21?/m1/s1. The molecule has 0 aromatic heterocycles. The molecule has 0 spiro atoms. The normalized spacial score (nSPS) is 20.8. The van der Waals surface area contributed by atoms with Crippen molar-refractivity contribution in [3.63, 3.8) is 0 Å². The highest BCUT2D eigenvalue weighted by Gasteiger charge is 2.32. The van der Waals surface area contributed by atoms with Crippen molar-refractivity contribution in [3.8, 4) is 0 Å². The van der Waals surface area contributed by atoms with E-state index in [2.05, 4.69) is 41.4 Å². The smallest absolute Gasteiger partial charge is 0.248 e. The molecule has 2 saturated heterocycles. The summed E-state index contributed by atoms with van der Waals surface area (Å²) in [6.07, 6.45) is 3.17. The molecule has 2 N–H and O–H groups in total. The summed E-state index contributed by atoms with van der Waals surface area (Å²) in [6, 6.07) is 12.9. The van der Waals surface area contributed by atoms with Crippen LogP contribution in [-0.2, 0) is 4.79 Å². The number of halogens is 2. The van der Waals surface area contributed by atoms with Crippen LogP contribution < -0.4 is 5.32 Å². The third-order valence-electron chi connectivity index (χ3n) is 7.15. The molecule has 2 heterocycles. The van der Waals surface area contributed by atoms with E-state index in [4.69, 9.17) is 28.3 Å². The molecule has 0 aliphatic carbocycles. The van der Waals surface area contributed by atoms with Gasteiger partial charge in [0.1, 0.15) is 6.61 Å². The molecule has 1 amide bonds. The summed E-state index contributed by atoms with van der Waals surface area (Å²) >= 11 is 13.0. The van der Waals surface area contributed by atoms with Crippen LogP contribution >= 0.6 is 23.2 Å². The van der Waals surface area contributed by atoms with Gasteiger partial charge in [0.25, 0.3) is 0 Å². The first-order chi connectivity index (χ1) is 15.9. The number of likely N-dealkylation sites (tertiary alicyclic amines) is 2. The summed E-state index contributed by atoms with van der Waals surface area (Å²) < 4.78 is 0. The Kier molecular flexibility index (Phi) is 7.85. The molecule has 5 nitrogen and oxygen atoms in total. The van der Waals surface area contributed by atoms with E-state index in [0.29, 0.717) is 17.0 Å². The number of aryl methyl sites for hydroxylation is 1. The van der Waals surface area contributed by atoms with Crippen LogP contribution in [0.5, 0.6) is 0 Å². The first-order valence-electron chi connectivity index (χ1n) is 11.8. The maximum atomic E-state index is 11.8. The third kappa shape index (κ3) is 5.65. The second-order valence-corrected chi connectivity index (χ2v) is 10.2. The quantitative estimate of drug-likeness (QED) is 0.581. The van der Waals surface area contributed by atoms with Crippen molar-refractivity contribution in [1.82, 2.24) is 9.80 Å². The highest BCUT2D eigenvalue weighted by Crippen LogP contribution is 2.36. The van der Waals surface area contributed by atoms with Gasteiger partial charge in [-0.05, 0) is 87.0 Å². The van der Waals surface area contributed by atoms with E-state index in [1.807, 2.05) is 19.1 Å². The van der Waals surface area contributed by atoms with Gasteiger partial charge in [0, 0.05) is 24.2 Å². The number of nitrogens with one attached hydrogen (secondary N) is 1. The zero-order valence-electron chi connectivity index (χ0n) is 19.4. The van der Waals surface area contributed by atoms with E-state index in [0.717, 1.165) is 67.3 Å². The molecular weight excluding hydrogens is 457 g/mol. The summed E-state index contributed by atoms with van der Waals surface area (Å²) in [7, 11) is 0. The van der Waals surface area contributed by atoms with Crippen LogP contribution in [-0.4, -0.2) is 59.6 Å². The van der Waals surface area contributed by atoms with Crippen LogP contribution in [0.1, 0.15) is 54.8 Å². The van der Waals surface area contributed by atoms with Crippen molar-refractivity contribution < 1.29 is 9.90 Å².